The van der Waals surface area contributed by atoms with Crippen LogP contribution in [0.25, 0.3) is 0 Å². The summed E-state index contributed by atoms with van der Waals surface area (Å²) in [5.41, 5.74) is 4.94. The molecule has 0 radical (unpaired) electrons. The third-order valence-electron chi connectivity index (χ3n) is 2.22. The molecule has 0 aromatic heterocycles. The first-order chi connectivity index (χ1) is 6.13. The summed E-state index contributed by atoms with van der Waals surface area (Å²) in [6.07, 6.45) is 7.30. The minimum Gasteiger partial charge on any atom is -0.359 e. The molecule has 1 aliphatic heterocycles. The highest BCUT2D eigenvalue weighted by molar-refractivity contribution is 5.37. The maximum Gasteiger partial charge on any atom is 0.0374 e. The lowest BCUT2D eigenvalue weighted by molar-refractivity contribution is 1.04. The smallest absolute Gasteiger partial charge is 0.0374 e. The van der Waals surface area contributed by atoms with E-state index in [4.69, 9.17) is 0 Å². The summed E-state index contributed by atoms with van der Waals surface area (Å²) in [6, 6.07) is 0. The van der Waals surface area contributed by atoms with Gasteiger partial charge < -0.3 is 5.32 Å². The third-order valence-corrected chi connectivity index (χ3v) is 2.22. The summed E-state index contributed by atoms with van der Waals surface area (Å²) in [4.78, 5) is 0. The van der Waals surface area contributed by atoms with Gasteiger partial charge in [-0.15, -0.1) is 0 Å². The quantitative estimate of drug-likeness (QED) is 0.635. The van der Waals surface area contributed by atoms with E-state index in [1.54, 1.807) is 0 Å². The van der Waals surface area contributed by atoms with E-state index in [2.05, 4.69) is 44.0 Å². The Morgan fingerprint density at radius 1 is 1.54 bits per heavy atom. The largest absolute Gasteiger partial charge is 0.359 e. The highest BCUT2D eigenvalue weighted by atomic mass is 14.9. The molecule has 0 spiro atoms. The monoisotopic (exact) mass is 175 g/mol. The highest BCUT2D eigenvalue weighted by Gasteiger charge is 2.09. The van der Waals surface area contributed by atoms with Crippen LogP contribution in [-0.2, 0) is 0 Å². The van der Waals surface area contributed by atoms with Gasteiger partial charge in [0.05, 0.1) is 0 Å². The molecule has 13 heavy (non-hydrogen) atoms. The lowest BCUT2D eigenvalue weighted by Crippen LogP contribution is -2.02. The standard InChI is InChI=1S/C12H17N/c1-5-9(2)6-7-12-10(3)8-11(4)13-12/h5-7,13H,4,8H2,1-3H3/b7-6-,9-5-. The molecule has 1 nitrogen and oxygen atoms in total. The van der Waals surface area contributed by atoms with Crippen LogP contribution in [0.1, 0.15) is 27.2 Å². The van der Waals surface area contributed by atoms with Crippen LogP contribution in [0.4, 0.5) is 0 Å². The summed E-state index contributed by atoms with van der Waals surface area (Å²) >= 11 is 0. The summed E-state index contributed by atoms with van der Waals surface area (Å²) in [6.45, 7) is 10.2. The van der Waals surface area contributed by atoms with Gasteiger partial charge in [-0.05, 0) is 32.4 Å². The molecule has 0 bridgehead atoms. The van der Waals surface area contributed by atoms with Crippen LogP contribution in [0.2, 0.25) is 0 Å². The fourth-order valence-electron chi connectivity index (χ4n) is 1.25. The molecule has 1 heterocycles. The number of rotatable bonds is 2. The minimum absolute atomic E-state index is 0.981. The van der Waals surface area contributed by atoms with Gasteiger partial charge in [0.25, 0.3) is 0 Å². The summed E-state index contributed by atoms with van der Waals surface area (Å²) in [7, 11) is 0. The minimum atomic E-state index is 0.981. The fraction of sp³-hybridized carbons (Fsp3) is 0.333. The first-order valence-electron chi connectivity index (χ1n) is 4.59. The van der Waals surface area contributed by atoms with Gasteiger partial charge >= 0.3 is 0 Å². The lowest BCUT2D eigenvalue weighted by Gasteiger charge is -1.98. The van der Waals surface area contributed by atoms with Gasteiger partial charge in [0.2, 0.25) is 0 Å². The molecule has 1 N–H and O–H groups in total. The number of hydrogen-bond donors (Lipinski definition) is 1. The zero-order valence-electron chi connectivity index (χ0n) is 8.65. The molecule has 0 aromatic rings. The Kier molecular flexibility index (Phi) is 3.13. The zero-order chi connectivity index (χ0) is 9.84. The number of nitrogens with one attached hydrogen (secondary N) is 1. The molecule has 0 fully saturated rings. The predicted molar refractivity (Wildman–Crippen MR) is 58.2 cm³/mol. The van der Waals surface area contributed by atoms with Crippen LogP contribution >= 0.6 is 0 Å². The van der Waals surface area contributed by atoms with Crippen molar-refractivity contribution >= 4 is 0 Å². The molecule has 0 aliphatic carbocycles. The SMILES string of the molecule is C=C1CC(C)=C(/C=C\C(C)=C/C)N1. The van der Waals surface area contributed by atoms with Crippen molar-refractivity contribution in [3.05, 3.63) is 47.3 Å². The molecule has 70 valence electrons. The van der Waals surface area contributed by atoms with Crippen molar-refractivity contribution in [3.8, 4) is 0 Å². The van der Waals surface area contributed by atoms with E-state index in [9.17, 15) is 0 Å². The Hall–Kier alpha value is -1.24. The summed E-state index contributed by atoms with van der Waals surface area (Å²) < 4.78 is 0. The molecule has 0 unspecified atom stereocenters. The van der Waals surface area contributed by atoms with Gasteiger partial charge in [0.15, 0.2) is 0 Å². The second-order valence-electron chi connectivity index (χ2n) is 3.47. The van der Waals surface area contributed by atoms with Crippen LogP contribution in [0, 0.1) is 0 Å². The highest BCUT2D eigenvalue weighted by Crippen LogP contribution is 2.20. The fourth-order valence-corrected chi connectivity index (χ4v) is 1.25. The summed E-state index contributed by atoms with van der Waals surface area (Å²) in [5.74, 6) is 0. The Morgan fingerprint density at radius 3 is 2.69 bits per heavy atom. The maximum atomic E-state index is 3.90. The van der Waals surface area contributed by atoms with Crippen molar-refractivity contribution in [2.24, 2.45) is 0 Å². The van der Waals surface area contributed by atoms with Crippen molar-refractivity contribution in [2.45, 2.75) is 27.2 Å². The molecule has 0 saturated carbocycles. The molecule has 0 amide bonds. The zero-order valence-corrected chi connectivity index (χ0v) is 8.65. The molecule has 0 aromatic carbocycles. The molecule has 0 atom stereocenters. The summed E-state index contributed by atoms with van der Waals surface area (Å²) in [5, 5.41) is 3.25. The van der Waals surface area contributed by atoms with Crippen LogP contribution in [-0.4, -0.2) is 0 Å². The second kappa shape index (κ2) is 4.13. The average Bonchev–Trinajstić information content (AvgIpc) is 2.41. The number of allylic oxidation sites excluding steroid dienone is 5. The van der Waals surface area contributed by atoms with Gasteiger partial charge in [0, 0.05) is 17.8 Å². The van der Waals surface area contributed by atoms with Gasteiger partial charge in [-0.2, -0.15) is 0 Å². The first-order valence-corrected chi connectivity index (χ1v) is 4.59. The van der Waals surface area contributed by atoms with Gasteiger partial charge in [-0.25, -0.2) is 0 Å². The molecule has 1 aliphatic rings. The van der Waals surface area contributed by atoms with Crippen molar-refractivity contribution in [1.82, 2.24) is 5.32 Å². The average molecular weight is 175 g/mol. The normalized spacial score (nSPS) is 18.7. The van der Waals surface area contributed by atoms with E-state index >= 15 is 0 Å². The van der Waals surface area contributed by atoms with Crippen molar-refractivity contribution < 1.29 is 0 Å². The lowest BCUT2D eigenvalue weighted by atomic mass is 10.2. The van der Waals surface area contributed by atoms with Gasteiger partial charge in [-0.1, -0.05) is 24.3 Å². The Labute approximate surface area is 80.5 Å². The van der Waals surface area contributed by atoms with Crippen LogP contribution < -0.4 is 5.32 Å². The maximum absolute atomic E-state index is 3.90. The van der Waals surface area contributed by atoms with E-state index in [0.29, 0.717) is 0 Å². The number of hydrogen-bond acceptors (Lipinski definition) is 1. The van der Waals surface area contributed by atoms with E-state index in [0.717, 1.165) is 12.1 Å². The van der Waals surface area contributed by atoms with Crippen molar-refractivity contribution in [3.63, 3.8) is 0 Å². The van der Waals surface area contributed by atoms with Crippen LogP contribution in [0.3, 0.4) is 0 Å². The van der Waals surface area contributed by atoms with Crippen LogP contribution in [0.5, 0.6) is 0 Å². The third kappa shape index (κ3) is 2.62. The topological polar surface area (TPSA) is 12.0 Å². The van der Waals surface area contributed by atoms with E-state index in [1.165, 1.54) is 16.8 Å². The molecule has 1 heteroatoms. The first kappa shape index (κ1) is 9.85. The van der Waals surface area contributed by atoms with E-state index in [1.807, 2.05) is 6.92 Å². The Morgan fingerprint density at radius 2 is 2.23 bits per heavy atom. The second-order valence-corrected chi connectivity index (χ2v) is 3.47. The Balaban J connectivity index is 2.70. The van der Waals surface area contributed by atoms with Gasteiger partial charge in [-0.3, -0.25) is 0 Å². The molecule has 1 rings (SSSR count). The van der Waals surface area contributed by atoms with Gasteiger partial charge in [0.1, 0.15) is 0 Å². The molecular weight excluding hydrogens is 158 g/mol. The Bertz CT molecular complexity index is 303. The van der Waals surface area contributed by atoms with Crippen molar-refractivity contribution in [2.75, 3.05) is 0 Å². The van der Waals surface area contributed by atoms with E-state index < -0.39 is 0 Å². The predicted octanol–water partition coefficient (Wildman–Crippen LogP) is 3.29. The van der Waals surface area contributed by atoms with E-state index in [-0.39, 0.29) is 0 Å². The molecular formula is C12H17N. The van der Waals surface area contributed by atoms with Crippen LogP contribution in [0.15, 0.2) is 47.3 Å². The molecule has 0 saturated heterocycles. The van der Waals surface area contributed by atoms with Crippen molar-refractivity contribution in [1.29, 1.82) is 0 Å².